The van der Waals surface area contributed by atoms with Gasteiger partial charge in [0.15, 0.2) is 0 Å². The topological polar surface area (TPSA) is 98.9 Å². The van der Waals surface area contributed by atoms with Crippen molar-refractivity contribution in [3.05, 3.63) is 56.9 Å². The van der Waals surface area contributed by atoms with Crippen LogP contribution >= 0.6 is 0 Å². The van der Waals surface area contributed by atoms with E-state index >= 15 is 0 Å². The van der Waals surface area contributed by atoms with E-state index in [0.717, 1.165) is 0 Å². The van der Waals surface area contributed by atoms with E-state index in [1.165, 1.54) is 33.9 Å². The number of rotatable bonds is 5. The van der Waals surface area contributed by atoms with E-state index in [-0.39, 0.29) is 30.1 Å². The Kier molecular flexibility index (Phi) is 4.82. The SMILES string of the molecule is Cc1cc(=O)n(CCNC(=O)Cn2cnc(C)cc2=O)cn1. The Hall–Kier alpha value is -2.77. The van der Waals surface area contributed by atoms with Crippen LogP contribution in [0, 0.1) is 13.8 Å². The van der Waals surface area contributed by atoms with Crippen LogP contribution in [0.15, 0.2) is 34.4 Å². The van der Waals surface area contributed by atoms with Crippen molar-refractivity contribution >= 4 is 5.91 Å². The largest absolute Gasteiger partial charge is 0.353 e. The molecule has 0 aliphatic rings. The Morgan fingerprint density at radius 3 is 2.14 bits per heavy atom. The van der Waals surface area contributed by atoms with Crippen molar-refractivity contribution in [2.75, 3.05) is 6.54 Å². The summed E-state index contributed by atoms with van der Waals surface area (Å²) in [7, 11) is 0. The van der Waals surface area contributed by atoms with Crippen molar-refractivity contribution in [1.82, 2.24) is 24.4 Å². The van der Waals surface area contributed by atoms with Crippen molar-refractivity contribution in [2.45, 2.75) is 26.9 Å². The molecular formula is C14H17N5O3. The number of nitrogens with zero attached hydrogens (tertiary/aromatic N) is 4. The van der Waals surface area contributed by atoms with E-state index in [9.17, 15) is 14.4 Å². The van der Waals surface area contributed by atoms with Gasteiger partial charge in [0.25, 0.3) is 11.1 Å². The van der Waals surface area contributed by atoms with Gasteiger partial charge in [-0.05, 0) is 13.8 Å². The maximum atomic E-state index is 11.8. The molecule has 0 aliphatic heterocycles. The summed E-state index contributed by atoms with van der Waals surface area (Å²) in [5.41, 5.74) is 0.812. The van der Waals surface area contributed by atoms with Crippen LogP contribution in [-0.2, 0) is 17.9 Å². The molecule has 0 aliphatic carbocycles. The Balaban J connectivity index is 1.88. The number of aromatic nitrogens is 4. The molecule has 2 aromatic heterocycles. The first kappa shape index (κ1) is 15.6. The fraction of sp³-hybridized carbons (Fsp3) is 0.357. The predicted octanol–water partition coefficient (Wildman–Crippen LogP) is -0.767. The third-order valence-electron chi connectivity index (χ3n) is 3.02. The lowest BCUT2D eigenvalue weighted by Gasteiger charge is -2.08. The van der Waals surface area contributed by atoms with E-state index in [0.29, 0.717) is 17.9 Å². The van der Waals surface area contributed by atoms with Gasteiger partial charge in [-0.2, -0.15) is 0 Å². The first-order valence-electron chi connectivity index (χ1n) is 6.78. The number of carbonyl (C=O) groups excluding carboxylic acids is 1. The molecule has 0 saturated carbocycles. The summed E-state index contributed by atoms with van der Waals surface area (Å²) in [5, 5.41) is 2.65. The van der Waals surface area contributed by atoms with Gasteiger partial charge in [0.1, 0.15) is 6.54 Å². The molecule has 8 nitrogen and oxygen atoms in total. The van der Waals surface area contributed by atoms with E-state index < -0.39 is 0 Å². The molecule has 2 rings (SSSR count). The lowest BCUT2D eigenvalue weighted by molar-refractivity contribution is -0.121. The van der Waals surface area contributed by atoms with Gasteiger partial charge in [0.2, 0.25) is 5.91 Å². The molecule has 0 fully saturated rings. The Morgan fingerprint density at radius 1 is 1.05 bits per heavy atom. The van der Waals surface area contributed by atoms with Crippen molar-refractivity contribution in [3.8, 4) is 0 Å². The highest BCUT2D eigenvalue weighted by Gasteiger charge is 2.05. The first-order valence-corrected chi connectivity index (χ1v) is 6.78. The number of hydrogen-bond donors (Lipinski definition) is 1. The molecule has 8 heteroatoms. The van der Waals surface area contributed by atoms with Gasteiger partial charge in [-0.3, -0.25) is 23.5 Å². The zero-order chi connectivity index (χ0) is 16.1. The number of amides is 1. The van der Waals surface area contributed by atoms with Gasteiger partial charge in [0.05, 0.1) is 12.7 Å². The minimum Gasteiger partial charge on any atom is -0.353 e. The second-order valence-electron chi connectivity index (χ2n) is 4.91. The second-order valence-corrected chi connectivity index (χ2v) is 4.91. The van der Waals surface area contributed by atoms with Gasteiger partial charge in [-0.25, -0.2) is 9.97 Å². The zero-order valence-electron chi connectivity index (χ0n) is 12.4. The summed E-state index contributed by atoms with van der Waals surface area (Å²) in [6.45, 7) is 3.93. The quantitative estimate of drug-likeness (QED) is 0.782. The van der Waals surface area contributed by atoms with Crippen LogP contribution in [0.1, 0.15) is 11.4 Å². The summed E-state index contributed by atoms with van der Waals surface area (Å²) in [4.78, 5) is 43.0. The third kappa shape index (κ3) is 4.11. The van der Waals surface area contributed by atoms with Crippen LogP contribution in [0.5, 0.6) is 0 Å². The molecule has 0 spiro atoms. The van der Waals surface area contributed by atoms with E-state index in [2.05, 4.69) is 15.3 Å². The number of hydrogen-bond acceptors (Lipinski definition) is 5. The normalized spacial score (nSPS) is 10.5. The van der Waals surface area contributed by atoms with Gasteiger partial charge in [-0.15, -0.1) is 0 Å². The molecule has 0 atom stereocenters. The van der Waals surface area contributed by atoms with Crippen LogP contribution in [0.3, 0.4) is 0 Å². The number of carbonyl (C=O) groups is 1. The van der Waals surface area contributed by atoms with E-state index in [1.807, 2.05) is 0 Å². The van der Waals surface area contributed by atoms with E-state index in [4.69, 9.17) is 0 Å². The van der Waals surface area contributed by atoms with Crippen molar-refractivity contribution < 1.29 is 4.79 Å². The van der Waals surface area contributed by atoms with Crippen LogP contribution in [-0.4, -0.2) is 31.6 Å². The van der Waals surface area contributed by atoms with Crippen LogP contribution < -0.4 is 16.4 Å². The molecule has 0 aromatic carbocycles. The first-order chi connectivity index (χ1) is 10.5. The molecular weight excluding hydrogens is 286 g/mol. The zero-order valence-corrected chi connectivity index (χ0v) is 12.4. The summed E-state index contributed by atoms with van der Waals surface area (Å²) >= 11 is 0. The highest BCUT2D eigenvalue weighted by molar-refractivity contribution is 5.75. The van der Waals surface area contributed by atoms with Crippen LogP contribution in [0.25, 0.3) is 0 Å². The lowest BCUT2D eigenvalue weighted by Crippen LogP contribution is -2.35. The molecule has 116 valence electrons. The fourth-order valence-corrected chi connectivity index (χ4v) is 1.85. The molecule has 0 radical (unpaired) electrons. The lowest BCUT2D eigenvalue weighted by atomic mass is 10.4. The predicted molar refractivity (Wildman–Crippen MR) is 79.5 cm³/mol. The maximum Gasteiger partial charge on any atom is 0.253 e. The Bertz CT molecular complexity index is 794. The minimum atomic E-state index is -0.319. The fourth-order valence-electron chi connectivity index (χ4n) is 1.85. The molecule has 1 amide bonds. The molecule has 0 saturated heterocycles. The van der Waals surface area contributed by atoms with Gasteiger partial charge in [0, 0.05) is 36.6 Å². The molecule has 2 heterocycles. The molecule has 2 aromatic rings. The van der Waals surface area contributed by atoms with Gasteiger partial charge < -0.3 is 5.32 Å². The van der Waals surface area contributed by atoms with Gasteiger partial charge >= 0.3 is 0 Å². The molecule has 1 N–H and O–H groups in total. The minimum absolute atomic E-state index is 0.104. The highest BCUT2D eigenvalue weighted by Crippen LogP contribution is 1.87. The number of nitrogens with one attached hydrogen (secondary N) is 1. The molecule has 22 heavy (non-hydrogen) atoms. The Labute approximate surface area is 126 Å². The van der Waals surface area contributed by atoms with Crippen molar-refractivity contribution in [3.63, 3.8) is 0 Å². The van der Waals surface area contributed by atoms with Crippen molar-refractivity contribution in [2.24, 2.45) is 0 Å². The monoisotopic (exact) mass is 303 g/mol. The Morgan fingerprint density at radius 2 is 1.59 bits per heavy atom. The second kappa shape index (κ2) is 6.79. The highest BCUT2D eigenvalue weighted by atomic mass is 16.2. The third-order valence-corrected chi connectivity index (χ3v) is 3.02. The van der Waals surface area contributed by atoms with E-state index in [1.54, 1.807) is 13.8 Å². The summed E-state index contributed by atoms with van der Waals surface area (Å²) in [5.74, 6) is -0.319. The number of aryl methyl sites for hydroxylation is 2. The summed E-state index contributed by atoms with van der Waals surface area (Å²) < 4.78 is 2.63. The van der Waals surface area contributed by atoms with Gasteiger partial charge in [-0.1, -0.05) is 0 Å². The smallest absolute Gasteiger partial charge is 0.253 e. The molecule has 0 bridgehead atoms. The maximum absolute atomic E-state index is 11.8. The van der Waals surface area contributed by atoms with Crippen LogP contribution in [0.4, 0.5) is 0 Å². The summed E-state index contributed by atoms with van der Waals surface area (Å²) in [6, 6.07) is 2.80. The average molecular weight is 303 g/mol. The molecule has 0 unspecified atom stereocenters. The average Bonchev–Trinajstić information content (AvgIpc) is 2.44. The summed E-state index contributed by atoms with van der Waals surface area (Å²) in [6.07, 6.45) is 2.78. The van der Waals surface area contributed by atoms with Crippen molar-refractivity contribution in [1.29, 1.82) is 0 Å². The standard InChI is InChI=1S/C14H17N5O3/c1-10-5-13(21)18(8-16-10)4-3-15-12(20)7-19-9-17-11(2)6-14(19)22/h5-6,8-9H,3-4,7H2,1-2H3,(H,15,20). The van der Waals surface area contributed by atoms with Crippen LogP contribution in [0.2, 0.25) is 0 Å².